The summed E-state index contributed by atoms with van der Waals surface area (Å²) in [5.41, 5.74) is 0.961. The van der Waals surface area contributed by atoms with E-state index in [1.54, 1.807) is 48.4 Å². The highest BCUT2D eigenvalue weighted by Crippen LogP contribution is 2.22. The Hall–Kier alpha value is -2.60. The molecule has 0 bridgehead atoms. The third kappa shape index (κ3) is 4.39. The van der Waals surface area contributed by atoms with Crippen LogP contribution < -0.4 is 4.90 Å². The number of rotatable bonds is 4. The average molecular weight is 388 g/mol. The van der Waals surface area contributed by atoms with Crippen molar-refractivity contribution in [1.29, 1.82) is 0 Å². The Morgan fingerprint density at radius 3 is 2.63 bits per heavy atom. The summed E-state index contributed by atoms with van der Waals surface area (Å²) in [7, 11) is 0. The number of hydrogen-bond donors (Lipinski definition) is 0. The predicted octanol–water partition coefficient (Wildman–Crippen LogP) is 3.26. The fourth-order valence-electron chi connectivity index (χ4n) is 3.15. The van der Waals surface area contributed by atoms with Gasteiger partial charge in [-0.3, -0.25) is 4.79 Å². The molecule has 1 aromatic carbocycles. The Morgan fingerprint density at radius 1 is 1.07 bits per heavy atom. The van der Waals surface area contributed by atoms with Crippen molar-refractivity contribution >= 4 is 29.3 Å². The standard InChI is InChI=1S/C20H22ClN3O3/c1-2-27-20(26)16-8-5-10-22-18(16)23-11-6-12-24(14-13-23)19(25)15-7-3-4-9-17(15)21/h3-5,7-10H,2,6,11-14H2,1H3. The van der Waals surface area contributed by atoms with Crippen LogP contribution in [0.25, 0.3) is 0 Å². The molecule has 1 aliphatic heterocycles. The van der Waals surface area contributed by atoms with Crippen molar-refractivity contribution in [2.75, 3.05) is 37.7 Å². The predicted molar refractivity (Wildman–Crippen MR) is 104 cm³/mol. The van der Waals surface area contributed by atoms with Crippen LogP contribution in [-0.2, 0) is 4.74 Å². The summed E-state index contributed by atoms with van der Waals surface area (Å²) in [6.07, 6.45) is 2.44. The smallest absolute Gasteiger partial charge is 0.341 e. The van der Waals surface area contributed by atoms with Gasteiger partial charge in [-0.2, -0.15) is 0 Å². The van der Waals surface area contributed by atoms with Gasteiger partial charge in [0.1, 0.15) is 11.4 Å². The fourth-order valence-corrected chi connectivity index (χ4v) is 3.37. The topological polar surface area (TPSA) is 62.7 Å². The molecule has 0 radical (unpaired) electrons. The van der Waals surface area contributed by atoms with E-state index in [9.17, 15) is 9.59 Å². The first kappa shape index (κ1) is 19.2. The van der Waals surface area contributed by atoms with Gasteiger partial charge in [-0.05, 0) is 37.6 Å². The van der Waals surface area contributed by atoms with Gasteiger partial charge in [-0.25, -0.2) is 9.78 Å². The molecule has 0 aliphatic carbocycles. The Kier molecular flexibility index (Phi) is 6.29. The van der Waals surface area contributed by atoms with E-state index in [2.05, 4.69) is 4.98 Å². The summed E-state index contributed by atoms with van der Waals surface area (Å²) in [6, 6.07) is 10.5. The zero-order valence-electron chi connectivity index (χ0n) is 15.2. The van der Waals surface area contributed by atoms with Crippen LogP contribution in [0.3, 0.4) is 0 Å². The molecule has 0 spiro atoms. The fraction of sp³-hybridized carbons (Fsp3) is 0.350. The normalized spacial score (nSPS) is 14.6. The van der Waals surface area contributed by atoms with Crippen molar-refractivity contribution in [3.8, 4) is 0 Å². The number of carbonyl (C=O) groups is 2. The van der Waals surface area contributed by atoms with E-state index in [1.807, 2.05) is 11.0 Å². The molecule has 1 aromatic heterocycles. The number of anilines is 1. The number of benzene rings is 1. The number of carbonyl (C=O) groups excluding carboxylic acids is 2. The number of halogens is 1. The van der Waals surface area contributed by atoms with E-state index >= 15 is 0 Å². The average Bonchev–Trinajstić information content (AvgIpc) is 2.94. The molecule has 27 heavy (non-hydrogen) atoms. The van der Waals surface area contributed by atoms with E-state index in [0.717, 1.165) is 6.42 Å². The zero-order chi connectivity index (χ0) is 19.2. The molecule has 7 heteroatoms. The molecule has 3 rings (SSSR count). The van der Waals surface area contributed by atoms with Crippen LogP contribution in [-0.4, -0.2) is 54.5 Å². The van der Waals surface area contributed by atoms with Crippen molar-refractivity contribution in [2.45, 2.75) is 13.3 Å². The van der Waals surface area contributed by atoms with Crippen LogP contribution in [0.1, 0.15) is 34.1 Å². The highest BCUT2D eigenvalue weighted by molar-refractivity contribution is 6.33. The largest absolute Gasteiger partial charge is 0.462 e. The molecule has 1 saturated heterocycles. The van der Waals surface area contributed by atoms with Gasteiger partial charge in [0.25, 0.3) is 5.91 Å². The summed E-state index contributed by atoms with van der Waals surface area (Å²) in [5.74, 6) is 0.144. The van der Waals surface area contributed by atoms with Gasteiger partial charge < -0.3 is 14.5 Å². The second-order valence-electron chi connectivity index (χ2n) is 6.21. The van der Waals surface area contributed by atoms with E-state index in [-0.39, 0.29) is 11.9 Å². The lowest BCUT2D eigenvalue weighted by atomic mass is 10.2. The van der Waals surface area contributed by atoms with Crippen LogP contribution in [0.4, 0.5) is 5.82 Å². The van der Waals surface area contributed by atoms with Crippen molar-refractivity contribution in [2.24, 2.45) is 0 Å². The first-order valence-electron chi connectivity index (χ1n) is 9.02. The molecule has 2 heterocycles. The number of nitrogens with zero attached hydrogens (tertiary/aromatic N) is 3. The first-order valence-corrected chi connectivity index (χ1v) is 9.40. The quantitative estimate of drug-likeness (QED) is 0.753. The van der Waals surface area contributed by atoms with Crippen molar-refractivity contribution in [3.05, 3.63) is 58.7 Å². The van der Waals surface area contributed by atoms with Crippen molar-refractivity contribution in [3.63, 3.8) is 0 Å². The van der Waals surface area contributed by atoms with Crippen molar-refractivity contribution < 1.29 is 14.3 Å². The summed E-state index contributed by atoms with van der Waals surface area (Å²) in [5, 5.41) is 0.456. The van der Waals surface area contributed by atoms with E-state index < -0.39 is 0 Å². The molecule has 1 aliphatic rings. The number of esters is 1. The van der Waals surface area contributed by atoms with Gasteiger partial charge >= 0.3 is 5.97 Å². The third-order valence-electron chi connectivity index (χ3n) is 4.47. The van der Waals surface area contributed by atoms with Crippen LogP contribution in [0.15, 0.2) is 42.6 Å². The van der Waals surface area contributed by atoms with Gasteiger partial charge in [0.15, 0.2) is 0 Å². The Morgan fingerprint density at radius 2 is 1.85 bits per heavy atom. The molecule has 142 valence electrons. The molecule has 6 nitrogen and oxygen atoms in total. The summed E-state index contributed by atoms with van der Waals surface area (Å²) >= 11 is 6.17. The minimum absolute atomic E-state index is 0.0749. The highest BCUT2D eigenvalue weighted by atomic mass is 35.5. The Bertz CT molecular complexity index is 828. The monoisotopic (exact) mass is 387 g/mol. The molecular weight excluding hydrogens is 366 g/mol. The number of ether oxygens (including phenoxy) is 1. The minimum atomic E-state index is -0.381. The number of pyridine rings is 1. The van der Waals surface area contributed by atoms with Gasteiger partial charge in [0, 0.05) is 32.4 Å². The lowest BCUT2D eigenvalue weighted by molar-refractivity contribution is 0.0526. The second kappa shape index (κ2) is 8.86. The van der Waals surface area contributed by atoms with Crippen molar-refractivity contribution in [1.82, 2.24) is 9.88 Å². The van der Waals surface area contributed by atoms with Crippen LogP contribution in [0.5, 0.6) is 0 Å². The lowest BCUT2D eigenvalue weighted by Crippen LogP contribution is -2.36. The molecule has 0 N–H and O–H groups in total. The van der Waals surface area contributed by atoms with Gasteiger partial charge in [0.05, 0.1) is 17.2 Å². The summed E-state index contributed by atoms with van der Waals surface area (Å²) < 4.78 is 5.14. The van der Waals surface area contributed by atoms with E-state index in [4.69, 9.17) is 16.3 Å². The molecular formula is C20H22ClN3O3. The number of hydrogen-bond acceptors (Lipinski definition) is 5. The van der Waals surface area contributed by atoms with E-state index in [1.165, 1.54) is 0 Å². The number of amides is 1. The van der Waals surface area contributed by atoms with E-state index in [0.29, 0.717) is 54.8 Å². The molecule has 1 amide bonds. The molecule has 0 atom stereocenters. The Balaban J connectivity index is 1.75. The maximum atomic E-state index is 12.8. The third-order valence-corrected chi connectivity index (χ3v) is 4.80. The van der Waals surface area contributed by atoms with Gasteiger partial charge in [0.2, 0.25) is 0 Å². The highest BCUT2D eigenvalue weighted by Gasteiger charge is 2.25. The Labute approximate surface area is 163 Å². The lowest BCUT2D eigenvalue weighted by Gasteiger charge is -2.24. The molecule has 0 saturated carbocycles. The SMILES string of the molecule is CCOC(=O)c1cccnc1N1CCCN(C(=O)c2ccccc2Cl)CC1. The number of aromatic nitrogens is 1. The zero-order valence-corrected chi connectivity index (χ0v) is 16.0. The maximum Gasteiger partial charge on any atom is 0.341 e. The van der Waals surface area contributed by atoms with Crippen LogP contribution in [0, 0.1) is 0 Å². The van der Waals surface area contributed by atoms with Gasteiger partial charge in [-0.1, -0.05) is 23.7 Å². The maximum absolute atomic E-state index is 12.8. The van der Waals surface area contributed by atoms with Gasteiger partial charge in [-0.15, -0.1) is 0 Å². The summed E-state index contributed by atoms with van der Waals surface area (Å²) in [4.78, 5) is 33.3. The first-order chi connectivity index (χ1) is 13.1. The molecule has 0 unspecified atom stereocenters. The molecule has 1 fully saturated rings. The minimum Gasteiger partial charge on any atom is -0.462 e. The second-order valence-corrected chi connectivity index (χ2v) is 6.61. The van der Waals surface area contributed by atoms with Crippen LogP contribution >= 0.6 is 11.6 Å². The summed E-state index contributed by atoms with van der Waals surface area (Å²) in [6.45, 7) is 4.53. The van der Waals surface area contributed by atoms with Crippen LogP contribution in [0.2, 0.25) is 5.02 Å². The molecule has 2 aromatic rings.